The number of aromatic nitrogens is 2. The van der Waals surface area contributed by atoms with Gasteiger partial charge in [-0.25, -0.2) is 9.97 Å². The number of hydrogen-bond acceptors (Lipinski definition) is 3. The Morgan fingerprint density at radius 3 is 2.31 bits per heavy atom. The van der Waals surface area contributed by atoms with Gasteiger partial charge in [0.1, 0.15) is 5.82 Å². The van der Waals surface area contributed by atoms with Gasteiger partial charge in [0.05, 0.1) is 5.02 Å². The number of rotatable bonds is 3. The van der Waals surface area contributed by atoms with E-state index in [2.05, 4.69) is 29.1 Å². The molecular weight excluding hydrogens is 186 g/mol. The molecule has 13 heavy (non-hydrogen) atoms. The predicted molar refractivity (Wildman–Crippen MR) is 54.0 cm³/mol. The molecule has 0 saturated heterocycles. The lowest BCUT2D eigenvalue weighted by molar-refractivity contribution is 0.504. The summed E-state index contributed by atoms with van der Waals surface area (Å²) in [5, 5.41) is 3.74. The van der Waals surface area contributed by atoms with Crippen LogP contribution in [0, 0.1) is 0 Å². The van der Waals surface area contributed by atoms with Crippen molar-refractivity contribution in [1.82, 2.24) is 15.3 Å². The molecule has 0 aliphatic heterocycles. The van der Waals surface area contributed by atoms with Crippen LogP contribution in [0.3, 0.4) is 0 Å². The molecule has 1 aromatic rings. The molecule has 72 valence electrons. The Kier molecular flexibility index (Phi) is 3.63. The molecule has 1 rings (SSSR count). The van der Waals surface area contributed by atoms with Gasteiger partial charge in [-0.15, -0.1) is 0 Å². The summed E-state index contributed by atoms with van der Waals surface area (Å²) in [5.41, 5.74) is 0. The molecule has 0 amide bonds. The second kappa shape index (κ2) is 4.53. The average molecular weight is 200 g/mol. The Hall–Kier alpha value is -0.670. The largest absolute Gasteiger partial charge is 0.317 e. The highest BCUT2D eigenvalue weighted by Crippen LogP contribution is 2.15. The molecule has 0 aliphatic rings. The average Bonchev–Trinajstić information content (AvgIpc) is 2.17. The highest BCUT2D eigenvalue weighted by molar-refractivity contribution is 6.30. The normalized spacial score (nSPS) is 15.4. The van der Waals surface area contributed by atoms with Crippen molar-refractivity contribution in [1.29, 1.82) is 0 Å². The van der Waals surface area contributed by atoms with Crippen LogP contribution >= 0.6 is 11.6 Å². The summed E-state index contributed by atoms with van der Waals surface area (Å²) in [7, 11) is 1.93. The van der Waals surface area contributed by atoms with Crippen molar-refractivity contribution in [3.63, 3.8) is 0 Å². The number of nitrogens with one attached hydrogen (secondary N) is 1. The number of nitrogens with zero attached hydrogens (tertiary/aromatic N) is 2. The van der Waals surface area contributed by atoms with E-state index in [0.29, 0.717) is 17.0 Å². The summed E-state index contributed by atoms with van der Waals surface area (Å²) >= 11 is 5.69. The Bertz CT molecular complexity index is 260. The molecule has 0 aromatic carbocycles. The van der Waals surface area contributed by atoms with Crippen LogP contribution in [0.5, 0.6) is 0 Å². The minimum Gasteiger partial charge on any atom is -0.317 e. The van der Waals surface area contributed by atoms with Gasteiger partial charge in [-0.05, 0) is 14.0 Å². The van der Waals surface area contributed by atoms with Gasteiger partial charge >= 0.3 is 0 Å². The van der Waals surface area contributed by atoms with Crippen LogP contribution in [0.25, 0.3) is 0 Å². The van der Waals surface area contributed by atoms with Gasteiger partial charge in [-0.3, -0.25) is 0 Å². The van der Waals surface area contributed by atoms with Crippen molar-refractivity contribution in [2.45, 2.75) is 25.8 Å². The first-order valence-electron chi connectivity index (χ1n) is 4.30. The van der Waals surface area contributed by atoms with Crippen LogP contribution < -0.4 is 5.32 Å². The van der Waals surface area contributed by atoms with Gasteiger partial charge in [-0.2, -0.15) is 0 Å². The summed E-state index contributed by atoms with van der Waals surface area (Å²) in [4.78, 5) is 8.33. The third-order valence-corrected chi connectivity index (χ3v) is 2.45. The van der Waals surface area contributed by atoms with Crippen molar-refractivity contribution >= 4 is 11.6 Å². The number of halogens is 1. The molecular formula is C9H14ClN3. The lowest BCUT2D eigenvalue weighted by atomic mass is 10.0. The van der Waals surface area contributed by atoms with Crippen molar-refractivity contribution in [3.05, 3.63) is 23.2 Å². The fraction of sp³-hybridized carbons (Fsp3) is 0.556. The van der Waals surface area contributed by atoms with Crippen molar-refractivity contribution in [2.75, 3.05) is 7.05 Å². The maximum atomic E-state index is 5.69. The van der Waals surface area contributed by atoms with Gasteiger partial charge in [-0.1, -0.05) is 18.5 Å². The second-order valence-electron chi connectivity index (χ2n) is 3.13. The molecule has 0 radical (unpaired) electrons. The van der Waals surface area contributed by atoms with Gasteiger partial charge in [0.15, 0.2) is 0 Å². The molecule has 2 atom stereocenters. The van der Waals surface area contributed by atoms with Crippen molar-refractivity contribution in [2.24, 2.45) is 0 Å². The quantitative estimate of drug-likeness (QED) is 0.808. The second-order valence-corrected chi connectivity index (χ2v) is 3.56. The highest BCUT2D eigenvalue weighted by Gasteiger charge is 2.14. The molecule has 0 spiro atoms. The monoisotopic (exact) mass is 199 g/mol. The molecule has 1 heterocycles. The molecule has 1 aromatic heterocycles. The molecule has 1 N–H and O–H groups in total. The summed E-state index contributed by atoms with van der Waals surface area (Å²) in [6.07, 6.45) is 3.26. The minimum absolute atomic E-state index is 0.294. The molecule has 3 nitrogen and oxygen atoms in total. The lowest BCUT2D eigenvalue weighted by Crippen LogP contribution is -2.28. The first kappa shape index (κ1) is 10.4. The molecule has 0 aliphatic carbocycles. The van der Waals surface area contributed by atoms with Crippen molar-refractivity contribution < 1.29 is 0 Å². The fourth-order valence-electron chi connectivity index (χ4n) is 1.03. The zero-order valence-electron chi connectivity index (χ0n) is 8.08. The van der Waals surface area contributed by atoms with E-state index < -0.39 is 0 Å². The van der Waals surface area contributed by atoms with Gasteiger partial charge < -0.3 is 5.32 Å². The Labute approximate surface area is 83.5 Å². The third kappa shape index (κ3) is 2.64. The SMILES string of the molecule is CNC(C)C(C)c1ncc(Cl)cn1. The smallest absolute Gasteiger partial charge is 0.132 e. The van der Waals surface area contributed by atoms with Crippen LogP contribution in [-0.4, -0.2) is 23.1 Å². The van der Waals surface area contributed by atoms with Crippen molar-refractivity contribution in [3.8, 4) is 0 Å². The number of likely N-dealkylation sites (N-methyl/N-ethyl adjacent to an activating group) is 1. The van der Waals surface area contributed by atoms with Crippen LogP contribution in [0.2, 0.25) is 5.02 Å². The molecule has 0 saturated carbocycles. The summed E-state index contributed by atoms with van der Waals surface area (Å²) in [6, 6.07) is 0.362. The van der Waals surface area contributed by atoms with E-state index in [0.717, 1.165) is 5.82 Å². The molecule has 2 unspecified atom stereocenters. The minimum atomic E-state index is 0.294. The Morgan fingerprint density at radius 2 is 1.85 bits per heavy atom. The van der Waals surface area contributed by atoms with Gasteiger partial charge in [0.2, 0.25) is 0 Å². The van der Waals surface area contributed by atoms with Crippen LogP contribution in [0.15, 0.2) is 12.4 Å². The molecule has 4 heteroatoms. The Balaban J connectivity index is 2.77. The maximum Gasteiger partial charge on any atom is 0.132 e. The van der Waals surface area contributed by atoms with Crippen LogP contribution in [-0.2, 0) is 0 Å². The van der Waals surface area contributed by atoms with Crippen LogP contribution in [0.4, 0.5) is 0 Å². The van der Waals surface area contributed by atoms with E-state index in [1.54, 1.807) is 12.4 Å². The lowest BCUT2D eigenvalue weighted by Gasteiger charge is -2.17. The number of hydrogen-bond donors (Lipinski definition) is 1. The zero-order chi connectivity index (χ0) is 9.84. The highest BCUT2D eigenvalue weighted by atomic mass is 35.5. The van der Waals surface area contributed by atoms with Gasteiger partial charge in [0.25, 0.3) is 0 Å². The first-order valence-corrected chi connectivity index (χ1v) is 4.67. The van der Waals surface area contributed by atoms with E-state index in [1.807, 2.05) is 7.05 Å². The van der Waals surface area contributed by atoms with Crippen LogP contribution in [0.1, 0.15) is 25.6 Å². The Morgan fingerprint density at radius 1 is 1.31 bits per heavy atom. The van der Waals surface area contributed by atoms with Gasteiger partial charge in [0, 0.05) is 24.4 Å². The fourth-order valence-corrected chi connectivity index (χ4v) is 1.13. The standard InChI is InChI=1S/C9H14ClN3/c1-6(7(2)11-3)9-12-4-8(10)5-13-9/h4-7,11H,1-3H3. The first-order chi connectivity index (χ1) is 6.15. The van der Waals surface area contributed by atoms with E-state index >= 15 is 0 Å². The third-order valence-electron chi connectivity index (χ3n) is 2.25. The van der Waals surface area contributed by atoms with E-state index in [4.69, 9.17) is 11.6 Å². The van der Waals surface area contributed by atoms with E-state index in [9.17, 15) is 0 Å². The molecule has 0 fully saturated rings. The summed E-state index contributed by atoms with van der Waals surface area (Å²) < 4.78 is 0. The summed E-state index contributed by atoms with van der Waals surface area (Å²) in [5.74, 6) is 1.12. The predicted octanol–water partition coefficient (Wildman–Crippen LogP) is 1.84. The van der Waals surface area contributed by atoms with E-state index in [1.165, 1.54) is 0 Å². The summed E-state index contributed by atoms with van der Waals surface area (Å²) in [6.45, 7) is 4.19. The van der Waals surface area contributed by atoms with E-state index in [-0.39, 0.29) is 0 Å². The topological polar surface area (TPSA) is 37.8 Å². The zero-order valence-corrected chi connectivity index (χ0v) is 8.84. The molecule has 0 bridgehead atoms. The maximum absolute atomic E-state index is 5.69.